The van der Waals surface area contributed by atoms with E-state index >= 15 is 0 Å². The number of aliphatic hydroxyl groups excluding tert-OH is 1. The van der Waals surface area contributed by atoms with Crippen molar-refractivity contribution in [3.05, 3.63) is 59.7 Å². The molecule has 4 rings (SSSR count). The highest BCUT2D eigenvalue weighted by Gasteiger charge is 2.33. The van der Waals surface area contributed by atoms with Crippen LogP contribution in [-0.4, -0.2) is 74.5 Å². The minimum Gasteiger partial charge on any atom is -0.486 e. The largest absolute Gasteiger partial charge is 0.486 e. The van der Waals surface area contributed by atoms with Crippen molar-refractivity contribution in [2.24, 2.45) is 0 Å². The number of rotatable bonds is 8. The van der Waals surface area contributed by atoms with Crippen molar-refractivity contribution in [2.75, 3.05) is 52.7 Å². The Morgan fingerprint density at radius 1 is 1.10 bits per heavy atom. The first-order chi connectivity index (χ1) is 15.2. The third kappa shape index (κ3) is 5.75. The second-order valence-electron chi connectivity index (χ2n) is 8.24. The topological polar surface area (TPSA) is 80.9 Å². The first-order valence-corrected chi connectivity index (χ1v) is 10.7. The van der Waals surface area contributed by atoms with Gasteiger partial charge in [0.05, 0.1) is 38.1 Å². The molecule has 2 atom stereocenters. The minimum absolute atomic E-state index is 0.188. The van der Waals surface area contributed by atoms with Crippen LogP contribution >= 0.6 is 0 Å². The highest BCUT2D eigenvalue weighted by atomic mass is 16.6. The van der Waals surface area contributed by atoms with Crippen molar-refractivity contribution >= 4 is 0 Å². The number of fused-ring (bicyclic) bond motifs is 1. The van der Waals surface area contributed by atoms with Gasteiger partial charge in [-0.3, -0.25) is 0 Å². The average Bonchev–Trinajstić information content (AvgIpc) is 2.80. The molecule has 1 N–H and O–H groups in total. The molecule has 0 aliphatic carbocycles. The number of quaternary nitrogens is 1. The number of para-hydroxylation sites is 2. The molecule has 0 radical (unpaired) electrons. The second-order valence-corrected chi connectivity index (χ2v) is 8.24. The lowest BCUT2D eigenvalue weighted by atomic mass is 10.1. The number of ether oxygens (including phenoxy) is 4. The predicted octanol–water partition coefficient (Wildman–Crippen LogP) is 2.12. The molecular formula is C24H29N2O5+. The zero-order valence-electron chi connectivity index (χ0n) is 17.6. The zero-order valence-corrected chi connectivity index (χ0v) is 17.6. The predicted molar refractivity (Wildman–Crippen MR) is 114 cm³/mol. The molecule has 0 bridgehead atoms. The van der Waals surface area contributed by atoms with Gasteiger partial charge in [-0.25, -0.2) is 0 Å². The fourth-order valence-corrected chi connectivity index (χ4v) is 4.19. The van der Waals surface area contributed by atoms with Crippen molar-refractivity contribution in [2.45, 2.75) is 18.8 Å². The lowest BCUT2D eigenvalue weighted by molar-refractivity contribution is -0.950. The lowest BCUT2D eigenvalue weighted by Gasteiger charge is -2.42. The van der Waals surface area contributed by atoms with E-state index in [9.17, 15) is 5.11 Å². The van der Waals surface area contributed by atoms with Gasteiger partial charge in [-0.15, -0.1) is 0 Å². The van der Waals surface area contributed by atoms with Crippen LogP contribution in [0.4, 0.5) is 0 Å². The van der Waals surface area contributed by atoms with Gasteiger partial charge in [0.2, 0.25) is 0 Å². The Morgan fingerprint density at radius 2 is 1.84 bits per heavy atom. The van der Waals surface area contributed by atoms with Crippen LogP contribution in [0.25, 0.3) is 0 Å². The highest BCUT2D eigenvalue weighted by molar-refractivity contribution is 5.40. The van der Waals surface area contributed by atoms with Gasteiger partial charge in [0.25, 0.3) is 0 Å². The molecule has 0 amide bonds. The van der Waals surface area contributed by atoms with Gasteiger partial charge in [0.1, 0.15) is 38.9 Å². The Bertz CT molecular complexity index is 890. The third-order valence-electron chi connectivity index (χ3n) is 5.80. The minimum atomic E-state index is -0.590. The summed E-state index contributed by atoms with van der Waals surface area (Å²) < 4.78 is 23.7. The summed E-state index contributed by atoms with van der Waals surface area (Å²) in [5, 5.41) is 19.7. The SMILES string of the molecule is N#Cc1ccc(C[N+]2(C[C@@H](O)COC[C@H]3COc4ccccc4O3)CCOCC2)cc1. The van der Waals surface area contributed by atoms with Crippen LogP contribution in [0.1, 0.15) is 11.1 Å². The van der Waals surface area contributed by atoms with E-state index in [1.807, 2.05) is 48.5 Å². The molecule has 0 spiro atoms. The molecule has 0 saturated carbocycles. The van der Waals surface area contributed by atoms with E-state index in [1.165, 1.54) is 0 Å². The summed E-state index contributed by atoms with van der Waals surface area (Å²) in [5.74, 6) is 1.48. The molecule has 7 heteroatoms. The zero-order chi connectivity index (χ0) is 21.5. The quantitative estimate of drug-likeness (QED) is 0.653. The number of hydrogen-bond acceptors (Lipinski definition) is 6. The lowest BCUT2D eigenvalue weighted by Crippen LogP contribution is -2.58. The van der Waals surface area contributed by atoms with Gasteiger partial charge in [0.15, 0.2) is 17.6 Å². The molecule has 1 fully saturated rings. The molecule has 2 heterocycles. The number of nitrogens with zero attached hydrogens (tertiary/aromatic N) is 2. The molecule has 31 heavy (non-hydrogen) atoms. The second kappa shape index (κ2) is 10.1. The Morgan fingerprint density at radius 3 is 2.58 bits per heavy atom. The Balaban J connectivity index is 1.28. The summed E-state index contributed by atoms with van der Waals surface area (Å²) in [6.07, 6.45) is -0.777. The number of aliphatic hydroxyl groups is 1. The smallest absolute Gasteiger partial charge is 0.161 e. The molecule has 0 unspecified atom stereocenters. The van der Waals surface area contributed by atoms with Gasteiger partial charge in [-0.05, 0) is 24.3 Å². The Hall–Kier alpha value is -2.63. The number of benzene rings is 2. The molecule has 2 aromatic carbocycles. The van der Waals surface area contributed by atoms with Gasteiger partial charge in [-0.2, -0.15) is 5.26 Å². The normalized spacial score (nSPS) is 20.6. The van der Waals surface area contributed by atoms with Crippen LogP contribution < -0.4 is 9.47 Å². The van der Waals surface area contributed by atoms with Crippen LogP contribution in [-0.2, 0) is 16.0 Å². The number of nitriles is 1. The third-order valence-corrected chi connectivity index (χ3v) is 5.80. The first-order valence-electron chi connectivity index (χ1n) is 10.7. The Kier molecular flexibility index (Phi) is 7.05. The summed E-state index contributed by atoms with van der Waals surface area (Å²) >= 11 is 0. The maximum atomic E-state index is 10.7. The molecule has 7 nitrogen and oxygen atoms in total. The van der Waals surface area contributed by atoms with E-state index in [-0.39, 0.29) is 12.7 Å². The summed E-state index contributed by atoms with van der Waals surface area (Å²) in [6, 6.07) is 17.4. The summed E-state index contributed by atoms with van der Waals surface area (Å²) in [7, 11) is 0. The maximum absolute atomic E-state index is 10.7. The van der Waals surface area contributed by atoms with E-state index in [0.29, 0.717) is 38.5 Å². The van der Waals surface area contributed by atoms with Crippen molar-refractivity contribution in [3.8, 4) is 17.6 Å². The van der Waals surface area contributed by atoms with E-state index in [2.05, 4.69) is 6.07 Å². The van der Waals surface area contributed by atoms with Crippen molar-refractivity contribution < 1.29 is 28.5 Å². The standard InChI is InChI=1S/C24H29N2O5/c25-13-19-5-7-20(8-6-19)14-26(9-11-28-12-10-26)15-21(27)16-29-17-22-18-30-23-3-1-2-4-24(23)31-22/h1-8,21-22,27H,9-12,14-18H2/q+1/t21-,22+/m1/s1. The van der Waals surface area contributed by atoms with Gasteiger partial charge in [-0.1, -0.05) is 24.3 Å². The first kappa shape index (κ1) is 21.6. The van der Waals surface area contributed by atoms with Crippen molar-refractivity contribution in [1.82, 2.24) is 0 Å². The summed E-state index contributed by atoms with van der Waals surface area (Å²) in [6.45, 7) is 5.47. The fourth-order valence-electron chi connectivity index (χ4n) is 4.19. The van der Waals surface area contributed by atoms with E-state index < -0.39 is 6.10 Å². The molecule has 2 aromatic rings. The van der Waals surface area contributed by atoms with Crippen molar-refractivity contribution in [3.63, 3.8) is 0 Å². The van der Waals surface area contributed by atoms with Gasteiger partial charge in [0, 0.05) is 5.56 Å². The van der Waals surface area contributed by atoms with Crippen LogP contribution in [0.5, 0.6) is 11.5 Å². The Labute approximate surface area is 182 Å². The molecule has 2 aliphatic rings. The van der Waals surface area contributed by atoms with Gasteiger partial charge < -0.3 is 28.5 Å². The van der Waals surface area contributed by atoms with Crippen LogP contribution in [0.2, 0.25) is 0 Å². The van der Waals surface area contributed by atoms with Crippen molar-refractivity contribution in [1.29, 1.82) is 5.26 Å². The summed E-state index contributed by atoms with van der Waals surface area (Å²) in [5.41, 5.74) is 1.81. The van der Waals surface area contributed by atoms with E-state index in [0.717, 1.165) is 41.2 Å². The van der Waals surface area contributed by atoms with E-state index in [4.69, 9.17) is 24.2 Å². The maximum Gasteiger partial charge on any atom is 0.161 e. The fraction of sp³-hybridized carbons (Fsp3) is 0.458. The van der Waals surface area contributed by atoms with Crippen LogP contribution in [0.3, 0.4) is 0 Å². The highest BCUT2D eigenvalue weighted by Crippen LogP contribution is 2.30. The van der Waals surface area contributed by atoms with Crippen LogP contribution in [0.15, 0.2) is 48.5 Å². The molecule has 1 saturated heterocycles. The molecule has 0 aromatic heterocycles. The monoisotopic (exact) mass is 425 g/mol. The average molecular weight is 426 g/mol. The molecule has 164 valence electrons. The van der Waals surface area contributed by atoms with Gasteiger partial charge >= 0.3 is 0 Å². The number of morpholine rings is 1. The molecular weight excluding hydrogens is 396 g/mol. The number of hydrogen-bond donors (Lipinski definition) is 1. The van der Waals surface area contributed by atoms with E-state index in [1.54, 1.807) is 0 Å². The summed E-state index contributed by atoms with van der Waals surface area (Å²) in [4.78, 5) is 0. The molecule has 2 aliphatic heterocycles. The van der Waals surface area contributed by atoms with Crippen LogP contribution in [0, 0.1) is 11.3 Å².